The van der Waals surface area contributed by atoms with Gasteiger partial charge in [-0.2, -0.15) is 0 Å². The number of anilines is 1. The second-order valence-electron chi connectivity index (χ2n) is 10.2. The molecule has 1 heterocycles. The van der Waals surface area contributed by atoms with Crippen molar-refractivity contribution in [3.8, 4) is 5.75 Å². The second kappa shape index (κ2) is 19.1. The van der Waals surface area contributed by atoms with E-state index in [-0.39, 0.29) is 28.6 Å². The molecule has 39 heavy (non-hydrogen) atoms. The van der Waals surface area contributed by atoms with Crippen LogP contribution in [0, 0.1) is 5.82 Å². The van der Waals surface area contributed by atoms with Crippen molar-refractivity contribution < 1.29 is 13.9 Å². The number of carbonyl (C=O) groups is 1. The summed E-state index contributed by atoms with van der Waals surface area (Å²) in [7, 11) is 0. The number of ether oxygens (including phenoxy) is 1. The highest BCUT2D eigenvalue weighted by Crippen LogP contribution is 2.30. The van der Waals surface area contributed by atoms with E-state index in [1.54, 1.807) is 23.9 Å². The Labute approximate surface area is 249 Å². The van der Waals surface area contributed by atoms with Crippen LogP contribution in [0.4, 0.5) is 10.1 Å². The SMILES string of the molecule is Br.CCCCCCCCCCCCCCOc1c(F)cccc1NC(=O)c1ccccc1CN1C=C(C)SC1. The lowest BCUT2D eigenvalue weighted by molar-refractivity contribution is 0.102. The summed E-state index contributed by atoms with van der Waals surface area (Å²) in [6.45, 7) is 5.44. The van der Waals surface area contributed by atoms with E-state index in [4.69, 9.17) is 4.74 Å². The summed E-state index contributed by atoms with van der Waals surface area (Å²) < 4.78 is 20.5. The third kappa shape index (κ3) is 12.0. The normalized spacial score (nSPS) is 12.7. The van der Waals surface area contributed by atoms with Crippen LogP contribution in [0.25, 0.3) is 0 Å². The summed E-state index contributed by atoms with van der Waals surface area (Å²) in [5, 5.41) is 2.90. The highest BCUT2D eigenvalue weighted by atomic mass is 79.9. The highest BCUT2D eigenvalue weighted by molar-refractivity contribution is 8.93. The number of thioether (sulfide) groups is 1. The molecule has 1 aliphatic rings. The van der Waals surface area contributed by atoms with E-state index in [2.05, 4.69) is 30.3 Å². The predicted octanol–water partition coefficient (Wildman–Crippen LogP) is 10.1. The number of allylic oxidation sites excluding steroid dienone is 1. The fraction of sp³-hybridized carbons (Fsp3) is 0.531. The van der Waals surface area contributed by atoms with Crippen molar-refractivity contribution in [2.24, 2.45) is 0 Å². The lowest BCUT2D eigenvalue weighted by Gasteiger charge is -2.18. The van der Waals surface area contributed by atoms with E-state index in [0.717, 1.165) is 24.3 Å². The summed E-state index contributed by atoms with van der Waals surface area (Å²) in [6.07, 6.45) is 17.3. The number of unbranched alkanes of at least 4 members (excludes halogenated alkanes) is 11. The number of para-hydroxylation sites is 1. The Bertz CT molecular complexity index is 1030. The molecule has 0 radical (unpaired) electrons. The molecule has 2 aromatic carbocycles. The molecule has 1 aliphatic heterocycles. The Kier molecular flexibility index (Phi) is 16.3. The smallest absolute Gasteiger partial charge is 0.256 e. The maximum absolute atomic E-state index is 14.6. The summed E-state index contributed by atoms with van der Waals surface area (Å²) in [4.78, 5) is 16.7. The molecule has 1 amide bonds. The minimum absolute atomic E-state index is 0. The number of carbonyl (C=O) groups excluding carboxylic acids is 1. The predicted molar refractivity (Wildman–Crippen MR) is 169 cm³/mol. The number of benzene rings is 2. The second-order valence-corrected chi connectivity index (χ2v) is 11.4. The first-order chi connectivity index (χ1) is 18.6. The molecule has 4 nitrogen and oxygen atoms in total. The Morgan fingerprint density at radius 1 is 0.923 bits per heavy atom. The summed E-state index contributed by atoms with van der Waals surface area (Å²) in [6, 6.07) is 12.3. The maximum atomic E-state index is 14.6. The zero-order valence-electron chi connectivity index (χ0n) is 23.7. The van der Waals surface area contributed by atoms with Gasteiger partial charge >= 0.3 is 0 Å². The van der Waals surface area contributed by atoms with Crippen LogP contribution >= 0.6 is 28.7 Å². The van der Waals surface area contributed by atoms with Crippen molar-refractivity contribution in [3.63, 3.8) is 0 Å². The van der Waals surface area contributed by atoms with Gasteiger partial charge in [0.1, 0.15) is 0 Å². The number of halogens is 2. The monoisotopic (exact) mass is 620 g/mol. The van der Waals surface area contributed by atoms with Gasteiger partial charge in [-0.25, -0.2) is 4.39 Å². The molecule has 0 atom stereocenters. The Morgan fingerprint density at radius 3 is 2.21 bits per heavy atom. The Balaban J connectivity index is 0.00000533. The molecule has 0 saturated heterocycles. The van der Waals surface area contributed by atoms with Crippen LogP contribution in [-0.4, -0.2) is 23.3 Å². The van der Waals surface area contributed by atoms with Crippen molar-refractivity contribution in [1.29, 1.82) is 0 Å². The van der Waals surface area contributed by atoms with Crippen LogP contribution in [0.1, 0.15) is 107 Å². The van der Waals surface area contributed by atoms with Gasteiger partial charge in [0, 0.05) is 18.3 Å². The summed E-state index contributed by atoms with van der Waals surface area (Å²) >= 11 is 1.79. The van der Waals surface area contributed by atoms with Crippen molar-refractivity contribution in [3.05, 3.63) is 70.5 Å². The van der Waals surface area contributed by atoms with E-state index in [1.807, 2.05) is 24.3 Å². The van der Waals surface area contributed by atoms with Gasteiger partial charge < -0.3 is 15.0 Å². The molecular formula is C32H46BrFN2O2S. The first-order valence-electron chi connectivity index (χ1n) is 14.4. The van der Waals surface area contributed by atoms with Crippen molar-refractivity contribution in [2.75, 3.05) is 17.8 Å². The van der Waals surface area contributed by atoms with E-state index < -0.39 is 5.82 Å². The number of amides is 1. The zero-order chi connectivity index (χ0) is 27.0. The van der Waals surface area contributed by atoms with Crippen molar-refractivity contribution in [1.82, 2.24) is 4.90 Å². The molecule has 0 aromatic heterocycles. The minimum Gasteiger partial charge on any atom is -0.488 e. The number of hydrogen-bond donors (Lipinski definition) is 1. The van der Waals surface area contributed by atoms with Gasteiger partial charge in [0.15, 0.2) is 11.6 Å². The Hall–Kier alpha value is -1.99. The molecule has 3 rings (SSSR count). The summed E-state index contributed by atoms with van der Waals surface area (Å²) in [5.41, 5.74) is 1.90. The molecular weight excluding hydrogens is 575 g/mol. The van der Waals surface area contributed by atoms with Gasteiger partial charge in [-0.15, -0.1) is 28.7 Å². The molecule has 0 aliphatic carbocycles. The molecule has 2 aromatic rings. The van der Waals surface area contributed by atoms with Gasteiger partial charge in [-0.1, -0.05) is 102 Å². The van der Waals surface area contributed by atoms with Crippen LogP contribution in [0.3, 0.4) is 0 Å². The first-order valence-corrected chi connectivity index (χ1v) is 15.4. The van der Waals surface area contributed by atoms with Crippen molar-refractivity contribution >= 4 is 40.3 Å². The standard InChI is InChI=1S/C32H45FN2O2S.BrH/c1-3-4-5-6-7-8-9-10-11-12-13-16-22-37-31-29(33)20-17-21-30(31)34-32(36)28-19-15-14-18-27(28)24-35-23-26(2)38-25-35;/h14-15,17-21,23H,3-13,16,22,24-25H2,1-2H3,(H,34,36);1H. The average molecular weight is 622 g/mol. The third-order valence-electron chi connectivity index (χ3n) is 6.92. The molecule has 0 spiro atoms. The fourth-order valence-corrected chi connectivity index (χ4v) is 5.53. The van der Waals surface area contributed by atoms with Crippen LogP contribution in [0.5, 0.6) is 5.75 Å². The van der Waals surface area contributed by atoms with E-state index in [1.165, 1.54) is 75.2 Å². The van der Waals surface area contributed by atoms with Gasteiger partial charge in [-0.05, 0) is 42.0 Å². The van der Waals surface area contributed by atoms with Crippen LogP contribution < -0.4 is 10.1 Å². The molecule has 7 heteroatoms. The molecule has 0 bridgehead atoms. The van der Waals surface area contributed by atoms with Gasteiger partial charge in [-0.3, -0.25) is 4.79 Å². The van der Waals surface area contributed by atoms with E-state index in [9.17, 15) is 9.18 Å². The number of nitrogens with one attached hydrogen (secondary N) is 1. The van der Waals surface area contributed by atoms with Gasteiger partial charge in [0.05, 0.1) is 18.2 Å². The lowest BCUT2D eigenvalue weighted by atomic mass is 10.1. The third-order valence-corrected chi connectivity index (χ3v) is 7.94. The number of hydrogen-bond acceptors (Lipinski definition) is 4. The highest BCUT2D eigenvalue weighted by Gasteiger charge is 2.18. The Morgan fingerprint density at radius 2 is 1.56 bits per heavy atom. The lowest BCUT2D eigenvalue weighted by Crippen LogP contribution is -2.19. The molecule has 1 N–H and O–H groups in total. The van der Waals surface area contributed by atoms with E-state index in [0.29, 0.717) is 24.4 Å². The summed E-state index contributed by atoms with van der Waals surface area (Å²) in [5.74, 6) is 0.289. The van der Waals surface area contributed by atoms with Crippen LogP contribution in [0.2, 0.25) is 0 Å². The number of nitrogens with zero attached hydrogens (tertiary/aromatic N) is 1. The minimum atomic E-state index is -0.454. The fourth-order valence-electron chi connectivity index (χ4n) is 4.77. The topological polar surface area (TPSA) is 41.6 Å². The molecule has 216 valence electrons. The average Bonchev–Trinajstić information content (AvgIpc) is 3.32. The molecule has 0 unspecified atom stereocenters. The van der Waals surface area contributed by atoms with Gasteiger partial charge in [0.2, 0.25) is 0 Å². The van der Waals surface area contributed by atoms with E-state index >= 15 is 0 Å². The number of rotatable bonds is 18. The molecule has 0 saturated carbocycles. The van der Waals surface area contributed by atoms with Crippen LogP contribution in [-0.2, 0) is 6.54 Å². The quantitative estimate of drug-likeness (QED) is 0.168. The largest absolute Gasteiger partial charge is 0.488 e. The van der Waals surface area contributed by atoms with Crippen LogP contribution in [0.15, 0.2) is 53.6 Å². The maximum Gasteiger partial charge on any atom is 0.256 e. The first kappa shape index (κ1) is 33.2. The van der Waals surface area contributed by atoms with Gasteiger partial charge in [0.25, 0.3) is 5.91 Å². The van der Waals surface area contributed by atoms with Crippen molar-refractivity contribution in [2.45, 2.75) is 97.4 Å². The molecule has 0 fully saturated rings. The zero-order valence-corrected chi connectivity index (χ0v) is 26.2.